The van der Waals surface area contributed by atoms with Crippen LogP contribution in [0.5, 0.6) is 0 Å². The molecule has 11 heavy (non-hydrogen) atoms. The van der Waals surface area contributed by atoms with E-state index in [1.807, 2.05) is 0 Å². The average molecular weight is 153 g/mol. The molecule has 0 spiro atoms. The van der Waals surface area contributed by atoms with Gasteiger partial charge in [0, 0.05) is 0 Å². The molecule has 3 unspecified atom stereocenters. The molecule has 1 nitrogen and oxygen atoms in total. The SMILES string of the molecule is CC1(CCN)CC2CCC1C2. The molecule has 64 valence electrons. The molecule has 2 N–H and O–H groups in total. The molecular weight excluding hydrogens is 134 g/mol. The number of nitrogens with two attached hydrogens (primary N) is 1. The lowest BCUT2D eigenvalue weighted by molar-refractivity contribution is 0.177. The van der Waals surface area contributed by atoms with E-state index in [1.165, 1.54) is 32.1 Å². The van der Waals surface area contributed by atoms with Crippen LogP contribution in [0.2, 0.25) is 0 Å². The number of hydrogen-bond acceptors (Lipinski definition) is 1. The summed E-state index contributed by atoms with van der Waals surface area (Å²) in [5, 5.41) is 0. The molecule has 2 rings (SSSR count). The molecule has 0 aromatic carbocycles. The fraction of sp³-hybridized carbons (Fsp3) is 1.00. The Morgan fingerprint density at radius 3 is 2.73 bits per heavy atom. The molecule has 3 atom stereocenters. The Morgan fingerprint density at radius 1 is 1.45 bits per heavy atom. The molecule has 2 fully saturated rings. The fourth-order valence-corrected chi connectivity index (χ4v) is 3.36. The van der Waals surface area contributed by atoms with Gasteiger partial charge < -0.3 is 5.73 Å². The third kappa shape index (κ3) is 1.10. The quantitative estimate of drug-likeness (QED) is 0.646. The lowest BCUT2D eigenvalue weighted by Gasteiger charge is -2.33. The smallest absolute Gasteiger partial charge is 0.00720 e. The summed E-state index contributed by atoms with van der Waals surface area (Å²) in [5.74, 6) is 2.09. The van der Waals surface area contributed by atoms with Crippen molar-refractivity contribution in [2.75, 3.05) is 6.54 Å². The van der Waals surface area contributed by atoms with E-state index < -0.39 is 0 Å². The van der Waals surface area contributed by atoms with Crippen molar-refractivity contribution in [2.45, 2.75) is 39.0 Å². The maximum atomic E-state index is 5.63. The van der Waals surface area contributed by atoms with Crippen LogP contribution in [0.3, 0.4) is 0 Å². The lowest BCUT2D eigenvalue weighted by atomic mass is 9.72. The highest BCUT2D eigenvalue weighted by molar-refractivity contribution is 4.97. The van der Waals surface area contributed by atoms with Crippen molar-refractivity contribution in [3.05, 3.63) is 0 Å². The molecular formula is C10H19N. The van der Waals surface area contributed by atoms with Gasteiger partial charge in [0.2, 0.25) is 0 Å². The molecule has 0 saturated heterocycles. The Labute approximate surface area is 69.4 Å². The topological polar surface area (TPSA) is 26.0 Å². The van der Waals surface area contributed by atoms with E-state index in [2.05, 4.69) is 6.92 Å². The third-order valence-electron chi connectivity index (χ3n) is 4.00. The molecule has 0 amide bonds. The first kappa shape index (κ1) is 7.60. The van der Waals surface area contributed by atoms with E-state index in [0.29, 0.717) is 5.41 Å². The van der Waals surface area contributed by atoms with Gasteiger partial charge in [-0.3, -0.25) is 0 Å². The minimum atomic E-state index is 0.637. The summed E-state index contributed by atoms with van der Waals surface area (Å²) in [4.78, 5) is 0. The number of hydrogen-bond donors (Lipinski definition) is 1. The molecule has 2 saturated carbocycles. The summed E-state index contributed by atoms with van der Waals surface area (Å²) in [5.41, 5.74) is 6.26. The standard InChI is InChI=1S/C10H19N/c1-10(4-5-11)7-8-2-3-9(10)6-8/h8-9H,2-7,11H2,1H3. The lowest BCUT2D eigenvalue weighted by Crippen LogP contribution is -2.26. The first-order valence-electron chi connectivity index (χ1n) is 4.95. The van der Waals surface area contributed by atoms with Crippen LogP contribution in [0.1, 0.15) is 39.0 Å². The van der Waals surface area contributed by atoms with Crippen molar-refractivity contribution in [1.29, 1.82) is 0 Å². The van der Waals surface area contributed by atoms with Gasteiger partial charge in [-0.25, -0.2) is 0 Å². The van der Waals surface area contributed by atoms with Gasteiger partial charge >= 0.3 is 0 Å². The van der Waals surface area contributed by atoms with Crippen molar-refractivity contribution in [3.63, 3.8) is 0 Å². The van der Waals surface area contributed by atoms with Crippen molar-refractivity contribution in [1.82, 2.24) is 0 Å². The maximum absolute atomic E-state index is 5.63. The Hall–Kier alpha value is -0.0400. The summed E-state index contributed by atoms with van der Waals surface area (Å²) >= 11 is 0. The Balaban J connectivity index is 2.04. The highest BCUT2D eigenvalue weighted by Crippen LogP contribution is 2.57. The Morgan fingerprint density at radius 2 is 2.27 bits per heavy atom. The van der Waals surface area contributed by atoms with Crippen molar-refractivity contribution in [2.24, 2.45) is 23.0 Å². The average Bonchev–Trinajstić information content (AvgIpc) is 2.45. The van der Waals surface area contributed by atoms with E-state index in [4.69, 9.17) is 5.73 Å². The van der Waals surface area contributed by atoms with Gasteiger partial charge in [-0.05, 0) is 49.5 Å². The van der Waals surface area contributed by atoms with Crippen LogP contribution in [0.4, 0.5) is 0 Å². The predicted molar refractivity (Wildman–Crippen MR) is 47.2 cm³/mol. The van der Waals surface area contributed by atoms with Gasteiger partial charge in [0.15, 0.2) is 0 Å². The molecule has 0 aromatic heterocycles. The van der Waals surface area contributed by atoms with Crippen molar-refractivity contribution in [3.8, 4) is 0 Å². The molecule has 1 heteroatoms. The van der Waals surface area contributed by atoms with Crippen LogP contribution < -0.4 is 5.73 Å². The first-order chi connectivity index (χ1) is 5.24. The van der Waals surface area contributed by atoms with Gasteiger partial charge in [0.25, 0.3) is 0 Å². The monoisotopic (exact) mass is 153 g/mol. The number of fused-ring (bicyclic) bond motifs is 2. The van der Waals surface area contributed by atoms with Crippen LogP contribution in [0.25, 0.3) is 0 Å². The normalized spacial score (nSPS) is 48.5. The largest absolute Gasteiger partial charge is 0.330 e. The van der Waals surface area contributed by atoms with Crippen LogP contribution in [0.15, 0.2) is 0 Å². The Kier molecular flexibility index (Phi) is 1.71. The second-order valence-corrected chi connectivity index (χ2v) is 4.77. The molecule has 2 aliphatic rings. The first-order valence-corrected chi connectivity index (χ1v) is 4.95. The molecule has 0 heterocycles. The molecule has 0 aromatic rings. The summed E-state index contributed by atoms with van der Waals surface area (Å²) in [6.45, 7) is 3.34. The van der Waals surface area contributed by atoms with Crippen LogP contribution >= 0.6 is 0 Å². The van der Waals surface area contributed by atoms with Gasteiger partial charge in [0.05, 0.1) is 0 Å². The van der Waals surface area contributed by atoms with E-state index in [1.54, 1.807) is 0 Å². The van der Waals surface area contributed by atoms with E-state index >= 15 is 0 Å². The van der Waals surface area contributed by atoms with Gasteiger partial charge in [-0.2, -0.15) is 0 Å². The Bertz CT molecular complexity index is 155. The van der Waals surface area contributed by atoms with Crippen LogP contribution in [-0.4, -0.2) is 6.54 Å². The minimum Gasteiger partial charge on any atom is -0.330 e. The maximum Gasteiger partial charge on any atom is -0.00720 e. The molecule has 0 aliphatic heterocycles. The number of rotatable bonds is 2. The highest BCUT2D eigenvalue weighted by Gasteiger charge is 2.46. The zero-order valence-corrected chi connectivity index (χ0v) is 7.47. The van der Waals surface area contributed by atoms with Gasteiger partial charge in [-0.15, -0.1) is 0 Å². The predicted octanol–water partition coefficient (Wildman–Crippen LogP) is 2.16. The van der Waals surface area contributed by atoms with Crippen LogP contribution in [0, 0.1) is 17.3 Å². The molecule has 2 bridgehead atoms. The van der Waals surface area contributed by atoms with E-state index in [-0.39, 0.29) is 0 Å². The molecule has 0 radical (unpaired) electrons. The summed E-state index contributed by atoms with van der Waals surface area (Å²) in [6.07, 6.45) is 7.23. The van der Waals surface area contributed by atoms with Gasteiger partial charge in [-0.1, -0.05) is 13.3 Å². The highest BCUT2D eigenvalue weighted by atomic mass is 14.6. The summed E-state index contributed by atoms with van der Waals surface area (Å²) < 4.78 is 0. The summed E-state index contributed by atoms with van der Waals surface area (Å²) in [7, 11) is 0. The second-order valence-electron chi connectivity index (χ2n) is 4.77. The van der Waals surface area contributed by atoms with Crippen LogP contribution in [-0.2, 0) is 0 Å². The minimum absolute atomic E-state index is 0.637. The van der Waals surface area contributed by atoms with Gasteiger partial charge in [0.1, 0.15) is 0 Å². The van der Waals surface area contributed by atoms with E-state index in [0.717, 1.165) is 18.4 Å². The van der Waals surface area contributed by atoms with Crippen molar-refractivity contribution < 1.29 is 0 Å². The summed E-state index contributed by atoms with van der Waals surface area (Å²) in [6, 6.07) is 0. The second kappa shape index (κ2) is 2.48. The van der Waals surface area contributed by atoms with Crippen molar-refractivity contribution >= 4 is 0 Å². The molecule has 2 aliphatic carbocycles. The zero-order valence-electron chi connectivity index (χ0n) is 7.47. The fourth-order valence-electron chi connectivity index (χ4n) is 3.36. The zero-order chi connectivity index (χ0) is 7.90. The third-order valence-corrected chi connectivity index (χ3v) is 4.00. The van der Waals surface area contributed by atoms with E-state index in [9.17, 15) is 0 Å².